The lowest BCUT2D eigenvalue weighted by molar-refractivity contribution is 0.567. The van der Waals surface area contributed by atoms with E-state index in [2.05, 4.69) is 4.98 Å². The molecule has 1 aromatic heterocycles. The van der Waals surface area contributed by atoms with Crippen molar-refractivity contribution < 1.29 is 4.39 Å². The molecule has 1 heterocycles. The molecular weight excluding hydrogens is 277 g/mol. The number of hydrogen-bond acceptors (Lipinski definition) is 2. The Hall–Kier alpha value is -2.07. The van der Waals surface area contributed by atoms with Gasteiger partial charge in [-0.2, -0.15) is 0 Å². The zero-order valence-corrected chi connectivity index (χ0v) is 11.6. The van der Waals surface area contributed by atoms with E-state index in [1.807, 2.05) is 19.1 Å². The molecule has 5 heteroatoms. The maximum absolute atomic E-state index is 14.0. The van der Waals surface area contributed by atoms with Gasteiger partial charge in [0.05, 0.1) is 22.1 Å². The molecule has 0 fully saturated rings. The summed E-state index contributed by atoms with van der Waals surface area (Å²) in [5.41, 5.74) is 7.97. The normalized spacial score (nSPS) is 12.8. The zero-order chi connectivity index (χ0) is 14.3. The topological polar surface area (TPSA) is 43.8 Å². The fraction of sp³-hybridized carbons (Fsp3) is 0.133. The second-order valence-electron chi connectivity index (χ2n) is 4.65. The molecule has 3 rings (SSSR count). The first-order valence-corrected chi connectivity index (χ1v) is 6.63. The molecule has 0 aliphatic heterocycles. The number of anilines is 1. The van der Waals surface area contributed by atoms with E-state index < -0.39 is 0 Å². The predicted octanol–water partition coefficient (Wildman–Crippen LogP) is 4.02. The molecule has 20 heavy (non-hydrogen) atoms. The average Bonchev–Trinajstić information content (AvgIpc) is 2.76. The molecule has 0 amide bonds. The van der Waals surface area contributed by atoms with Crippen molar-refractivity contribution in [3.05, 3.63) is 58.9 Å². The second kappa shape index (κ2) is 4.80. The van der Waals surface area contributed by atoms with Gasteiger partial charge in [-0.3, -0.25) is 0 Å². The van der Waals surface area contributed by atoms with Crippen molar-refractivity contribution in [2.24, 2.45) is 0 Å². The third-order valence-electron chi connectivity index (χ3n) is 3.43. The van der Waals surface area contributed by atoms with Crippen LogP contribution in [0.15, 0.2) is 42.5 Å². The summed E-state index contributed by atoms with van der Waals surface area (Å²) in [5, 5.41) is 0.551. The first kappa shape index (κ1) is 12.9. The molecule has 0 saturated carbocycles. The third-order valence-corrected chi connectivity index (χ3v) is 3.74. The number of benzene rings is 2. The summed E-state index contributed by atoms with van der Waals surface area (Å²) in [6, 6.07) is 11.8. The minimum atomic E-state index is -0.291. The van der Waals surface area contributed by atoms with Crippen molar-refractivity contribution in [2.45, 2.75) is 13.0 Å². The monoisotopic (exact) mass is 289 g/mol. The Labute approximate surface area is 120 Å². The summed E-state index contributed by atoms with van der Waals surface area (Å²) >= 11 is 6.24. The lowest BCUT2D eigenvalue weighted by Gasteiger charge is -2.17. The second-order valence-corrected chi connectivity index (χ2v) is 5.05. The number of fused-ring (bicyclic) bond motifs is 1. The number of halogens is 2. The minimum absolute atomic E-state index is 0.270. The standard InChI is InChI=1S/C15H13ClFN3/c1-9(10-5-2-3-7-12(10)17)20-14-11(16)6-4-8-13(14)19-15(20)18/h2-9H,1H3,(H2,18,19). The first-order valence-electron chi connectivity index (χ1n) is 6.26. The summed E-state index contributed by atoms with van der Waals surface area (Å²) in [6.45, 7) is 1.87. The fourth-order valence-electron chi connectivity index (χ4n) is 2.47. The molecule has 0 radical (unpaired) electrons. The highest BCUT2D eigenvalue weighted by molar-refractivity contribution is 6.35. The largest absolute Gasteiger partial charge is 0.369 e. The van der Waals surface area contributed by atoms with Gasteiger partial charge in [0.15, 0.2) is 0 Å². The number of nitrogen functional groups attached to an aromatic ring is 1. The summed E-state index contributed by atoms with van der Waals surface area (Å²) < 4.78 is 15.7. The Morgan fingerprint density at radius 3 is 2.70 bits per heavy atom. The number of nitrogens with two attached hydrogens (primary N) is 1. The number of hydrogen-bond donors (Lipinski definition) is 1. The van der Waals surface area contributed by atoms with Gasteiger partial charge in [0, 0.05) is 5.56 Å². The lowest BCUT2D eigenvalue weighted by Crippen LogP contribution is -2.11. The van der Waals surface area contributed by atoms with E-state index in [0.29, 0.717) is 22.1 Å². The van der Waals surface area contributed by atoms with Crippen molar-refractivity contribution >= 4 is 28.6 Å². The highest BCUT2D eigenvalue weighted by Gasteiger charge is 2.19. The van der Waals surface area contributed by atoms with Gasteiger partial charge in [0.2, 0.25) is 5.95 Å². The lowest BCUT2D eigenvalue weighted by atomic mass is 10.1. The van der Waals surface area contributed by atoms with Gasteiger partial charge >= 0.3 is 0 Å². The zero-order valence-electron chi connectivity index (χ0n) is 10.8. The van der Waals surface area contributed by atoms with Crippen LogP contribution in [0.5, 0.6) is 0 Å². The number of para-hydroxylation sites is 1. The third kappa shape index (κ3) is 1.93. The number of imidazole rings is 1. The first-order chi connectivity index (χ1) is 9.59. The maximum atomic E-state index is 14.0. The SMILES string of the molecule is CC(c1ccccc1F)n1c(N)nc2cccc(Cl)c21. The van der Waals surface area contributed by atoms with Crippen molar-refractivity contribution in [1.29, 1.82) is 0 Å². The van der Waals surface area contributed by atoms with Gasteiger partial charge in [-0.25, -0.2) is 9.37 Å². The van der Waals surface area contributed by atoms with Crippen LogP contribution in [-0.4, -0.2) is 9.55 Å². The smallest absolute Gasteiger partial charge is 0.201 e. The van der Waals surface area contributed by atoms with Crippen molar-refractivity contribution in [3.63, 3.8) is 0 Å². The van der Waals surface area contributed by atoms with E-state index in [0.717, 1.165) is 5.52 Å². The molecule has 0 aliphatic rings. The van der Waals surface area contributed by atoms with E-state index in [1.54, 1.807) is 28.8 Å². The summed E-state index contributed by atoms with van der Waals surface area (Å²) in [4.78, 5) is 4.28. The highest BCUT2D eigenvalue weighted by Crippen LogP contribution is 2.32. The number of rotatable bonds is 2. The maximum Gasteiger partial charge on any atom is 0.201 e. The van der Waals surface area contributed by atoms with Crippen LogP contribution in [0.2, 0.25) is 5.02 Å². The minimum Gasteiger partial charge on any atom is -0.369 e. The van der Waals surface area contributed by atoms with Crippen LogP contribution in [0, 0.1) is 5.82 Å². The van der Waals surface area contributed by atoms with Crippen LogP contribution in [0.3, 0.4) is 0 Å². The number of aromatic nitrogens is 2. The Kier molecular flexibility index (Phi) is 3.10. The molecule has 3 aromatic rings. The Bertz CT molecular complexity index is 782. The molecule has 0 bridgehead atoms. The Morgan fingerprint density at radius 1 is 1.20 bits per heavy atom. The molecule has 0 aliphatic carbocycles. The van der Waals surface area contributed by atoms with Gasteiger partial charge in [-0.05, 0) is 25.1 Å². The average molecular weight is 290 g/mol. The quantitative estimate of drug-likeness (QED) is 0.774. The van der Waals surface area contributed by atoms with Gasteiger partial charge in [0.1, 0.15) is 5.82 Å². The van der Waals surface area contributed by atoms with Crippen LogP contribution in [0.25, 0.3) is 11.0 Å². The summed E-state index contributed by atoms with van der Waals surface area (Å²) in [6.07, 6.45) is 0. The summed E-state index contributed by atoms with van der Waals surface area (Å²) in [5.74, 6) is 0.0529. The molecule has 0 saturated heterocycles. The molecule has 102 valence electrons. The van der Waals surface area contributed by atoms with Crippen LogP contribution < -0.4 is 5.73 Å². The molecule has 1 atom stereocenters. The van der Waals surface area contributed by atoms with Gasteiger partial charge in [0.25, 0.3) is 0 Å². The van der Waals surface area contributed by atoms with Gasteiger partial charge in [-0.1, -0.05) is 35.9 Å². The van der Waals surface area contributed by atoms with Crippen molar-refractivity contribution in [3.8, 4) is 0 Å². The molecule has 3 nitrogen and oxygen atoms in total. The Morgan fingerprint density at radius 2 is 1.95 bits per heavy atom. The van der Waals surface area contributed by atoms with Crippen molar-refractivity contribution in [1.82, 2.24) is 9.55 Å². The predicted molar refractivity (Wildman–Crippen MR) is 79.4 cm³/mol. The van der Waals surface area contributed by atoms with Crippen LogP contribution in [0.1, 0.15) is 18.5 Å². The molecule has 1 unspecified atom stereocenters. The summed E-state index contributed by atoms with van der Waals surface area (Å²) in [7, 11) is 0. The van der Waals surface area contributed by atoms with Crippen LogP contribution in [0.4, 0.5) is 10.3 Å². The molecule has 2 aromatic carbocycles. The van der Waals surface area contributed by atoms with E-state index in [9.17, 15) is 4.39 Å². The molecular formula is C15H13ClFN3. The highest BCUT2D eigenvalue weighted by atomic mass is 35.5. The van der Waals surface area contributed by atoms with Crippen LogP contribution in [-0.2, 0) is 0 Å². The van der Waals surface area contributed by atoms with E-state index in [4.69, 9.17) is 17.3 Å². The number of nitrogens with zero attached hydrogens (tertiary/aromatic N) is 2. The van der Waals surface area contributed by atoms with Crippen LogP contribution >= 0.6 is 11.6 Å². The Balaban J connectivity index is 2.24. The molecule has 0 spiro atoms. The fourth-order valence-corrected chi connectivity index (χ4v) is 2.73. The molecule has 2 N–H and O–H groups in total. The van der Waals surface area contributed by atoms with E-state index in [-0.39, 0.29) is 11.9 Å². The van der Waals surface area contributed by atoms with Gasteiger partial charge in [-0.15, -0.1) is 0 Å². The van der Waals surface area contributed by atoms with Gasteiger partial charge < -0.3 is 10.3 Å². The van der Waals surface area contributed by atoms with E-state index >= 15 is 0 Å². The van der Waals surface area contributed by atoms with Crippen molar-refractivity contribution in [2.75, 3.05) is 5.73 Å². The van der Waals surface area contributed by atoms with E-state index in [1.165, 1.54) is 6.07 Å².